The van der Waals surface area contributed by atoms with E-state index in [0.717, 1.165) is 19.3 Å². The van der Waals surface area contributed by atoms with Gasteiger partial charge in [0, 0.05) is 0 Å². The van der Waals surface area contributed by atoms with Crippen LogP contribution in [0.4, 0.5) is 4.39 Å². The van der Waals surface area contributed by atoms with Crippen LogP contribution in [0.3, 0.4) is 0 Å². The minimum absolute atomic E-state index is 0.126. The van der Waals surface area contributed by atoms with Gasteiger partial charge in [-0.25, -0.2) is 9.18 Å². The Morgan fingerprint density at radius 1 is 1.55 bits per heavy atom. The second kappa shape index (κ2) is 5.89. The van der Waals surface area contributed by atoms with E-state index in [4.69, 9.17) is 5.11 Å². The van der Waals surface area contributed by atoms with Crippen molar-refractivity contribution in [3.63, 3.8) is 0 Å². The molecular formula is C8H13FO2. The molecule has 0 amide bonds. The molecule has 0 bridgehead atoms. The third-order valence-corrected chi connectivity index (χ3v) is 1.46. The molecule has 11 heavy (non-hydrogen) atoms. The topological polar surface area (TPSA) is 37.3 Å². The molecule has 0 fully saturated rings. The number of hydrogen-bond acceptors (Lipinski definition) is 1. The molecule has 0 unspecified atom stereocenters. The maximum Gasteiger partial charge on any atom is 0.333 e. The molecule has 64 valence electrons. The summed E-state index contributed by atoms with van der Waals surface area (Å²) in [5.74, 6) is -1.15. The third kappa shape index (κ3) is 4.53. The maximum absolute atomic E-state index is 11.8. The molecule has 0 aromatic carbocycles. The number of hydrogen-bond donors (Lipinski definition) is 1. The molecule has 1 N–H and O–H groups in total. The van der Waals surface area contributed by atoms with Gasteiger partial charge in [0.15, 0.2) is 0 Å². The molecule has 0 aliphatic heterocycles. The van der Waals surface area contributed by atoms with Crippen LogP contribution in [0.15, 0.2) is 11.9 Å². The first-order valence-corrected chi connectivity index (χ1v) is 3.75. The van der Waals surface area contributed by atoms with E-state index in [1.807, 2.05) is 6.92 Å². The summed E-state index contributed by atoms with van der Waals surface area (Å²) in [5.41, 5.74) is -0.126. The van der Waals surface area contributed by atoms with Crippen molar-refractivity contribution >= 4 is 5.97 Å². The van der Waals surface area contributed by atoms with Crippen molar-refractivity contribution in [3.8, 4) is 0 Å². The van der Waals surface area contributed by atoms with Crippen molar-refractivity contribution in [1.82, 2.24) is 0 Å². The molecular weight excluding hydrogens is 147 g/mol. The lowest BCUT2D eigenvalue weighted by atomic mass is 10.1. The number of carbonyl (C=O) groups is 1. The third-order valence-electron chi connectivity index (χ3n) is 1.46. The van der Waals surface area contributed by atoms with Crippen LogP contribution in [0.1, 0.15) is 32.6 Å². The Bertz CT molecular complexity index is 152. The van der Waals surface area contributed by atoms with Gasteiger partial charge in [0.2, 0.25) is 0 Å². The summed E-state index contributed by atoms with van der Waals surface area (Å²) in [6.45, 7) is 2.01. The molecule has 0 heterocycles. The van der Waals surface area contributed by atoms with E-state index in [1.165, 1.54) is 0 Å². The van der Waals surface area contributed by atoms with E-state index in [0.29, 0.717) is 6.42 Å². The highest BCUT2D eigenvalue weighted by Gasteiger charge is 2.05. The van der Waals surface area contributed by atoms with Gasteiger partial charge in [-0.05, 0) is 12.8 Å². The monoisotopic (exact) mass is 160 g/mol. The van der Waals surface area contributed by atoms with E-state index < -0.39 is 5.97 Å². The second-order valence-corrected chi connectivity index (χ2v) is 2.40. The molecule has 3 heteroatoms. The highest BCUT2D eigenvalue weighted by Crippen LogP contribution is 2.08. The number of carboxylic acid groups (broad SMARTS) is 1. The van der Waals surface area contributed by atoms with Crippen molar-refractivity contribution in [2.75, 3.05) is 0 Å². The summed E-state index contributed by atoms with van der Waals surface area (Å²) < 4.78 is 11.8. The fourth-order valence-electron chi connectivity index (χ4n) is 0.774. The number of halogens is 1. The lowest BCUT2D eigenvalue weighted by molar-refractivity contribution is -0.132. The molecule has 0 saturated carbocycles. The van der Waals surface area contributed by atoms with Crippen LogP contribution in [0.5, 0.6) is 0 Å². The largest absolute Gasteiger partial charge is 0.478 e. The number of carboxylic acids is 1. The van der Waals surface area contributed by atoms with Crippen LogP contribution in [0.2, 0.25) is 0 Å². The zero-order valence-corrected chi connectivity index (χ0v) is 6.64. The maximum atomic E-state index is 11.8. The lowest BCUT2D eigenvalue weighted by Crippen LogP contribution is -1.99. The Morgan fingerprint density at radius 2 is 2.18 bits per heavy atom. The summed E-state index contributed by atoms with van der Waals surface area (Å²) in [7, 11) is 0. The summed E-state index contributed by atoms with van der Waals surface area (Å²) in [5, 5.41) is 8.36. The first-order chi connectivity index (χ1) is 5.22. The van der Waals surface area contributed by atoms with E-state index in [1.54, 1.807) is 0 Å². The molecule has 0 rings (SSSR count). The Kier molecular flexibility index (Phi) is 5.43. The first-order valence-electron chi connectivity index (χ1n) is 3.75. The minimum atomic E-state index is -1.15. The van der Waals surface area contributed by atoms with Crippen molar-refractivity contribution in [3.05, 3.63) is 11.9 Å². The van der Waals surface area contributed by atoms with E-state index in [2.05, 4.69) is 0 Å². The molecule has 0 aliphatic carbocycles. The van der Waals surface area contributed by atoms with Crippen molar-refractivity contribution in [1.29, 1.82) is 0 Å². The van der Waals surface area contributed by atoms with Crippen molar-refractivity contribution in [2.24, 2.45) is 0 Å². The molecule has 0 aromatic heterocycles. The summed E-state index contributed by atoms with van der Waals surface area (Å²) in [6.07, 6.45) is 3.22. The Morgan fingerprint density at radius 3 is 2.55 bits per heavy atom. The van der Waals surface area contributed by atoms with Gasteiger partial charge in [-0.1, -0.05) is 19.8 Å². The van der Waals surface area contributed by atoms with Crippen LogP contribution in [0.25, 0.3) is 0 Å². The van der Waals surface area contributed by atoms with Gasteiger partial charge in [-0.15, -0.1) is 0 Å². The average Bonchev–Trinajstić information content (AvgIpc) is 1.97. The molecule has 0 saturated heterocycles. The van der Waals surface area contributed by atoms with Gasteiger partial charge >= 0.3 is 5.97 Å². The highest BCUT2D eigenvalue weighted by atomic mass is 19.1. The first kappa shape index (κ1) is 10.1. The van der Waals surface area contributed by atoms with Gasteiger partial charge in [0.25, 0.3) is 0 Å². The van der Waals surface area contributed by atoms with Crippen LogP contribution in [-0.2, 0) is 4.79 Å². The fraction of sp³-hybridized carbons (Fsp3) is 0.625. The highest BCUT2D eigenvalue weighted by molar-refractivity contribution is 5.86. The number of rotatable bonds is 5. The zero-order valence-electron chi connectivity index (χ0n) is 6.64. The van der Waals surface area contributed by atoms with E-state index in [9.17, 15) is 9.18 Å². The number of aliphatic carboxylic acids is 1. The molecule has 0 radical (unpaired) electrons. The normalized spacial score (nSPS) is 11.6. The van der Waals surface area contributed by atoms with E-state index >= 15 is 0 Å². The Hall–Kier alpha value is -0.860. The second-order valence-electron chi connectivity index (χ2n) is 2.40. The fourth-order valence-corrected chi connectivity index (χ4v) is 0.774. The van der Waals surface area contributed by atoms with Gasteiger partial charge < -0.3 is 5.11 Å². The quantitative estimate of drug-likeness (QED) is 0.495. The van der Waals surface area contributed by atoms with Crippen LogP contribution in [0, 0.1) is 0 Å². The summed E-state index contributed by atoms with van der Waals surface area (Å²) >= 11 is 0. The molecule has 0 atom stereocenters. The lowest BCUT2D eigenvalue weighted by Gasteiger charge is -1.97. The zero-order chi connectivity index (χ0) is 8.69. The average molecular weight is 160 g/mol. The van der Waals surface area contributed by atoms with Crippen LogP contribution < -0.4 is 0 Å². The molecule has 0 aromatic rings. The summed E-state index contributed by atoms with van der Waals surface area (Å²) in [6, 6.07) is 0. The van der Waals surface area contributed by atoms with Crippen LogP contribution >= 0.6 is 0 Å². The molecule has 0 spiro atoms. The van der Waals surface area contributed by atoms with Gasteiger partial charge in [-0.3, -0.25) is 0 Å². The Labute approximate surface area is 65.7 Å². The van der Waals surface area contributed by atoms with Gasteiger partial charge in [-0.2, -0.15) is 0 Å². The van der Waals surface area contributed by atoms with Crippen molar-refractivity contribution in [2.45, 2.75) is 32.6 Å². The predicted molar refractivity (Wildman–Crippen MR) is 41.0 cm³/mol. The SMILES string of the molecule is CCCCC/C(=C\F)C(=O)O. The van der Waals surface area contributed by atoms with Crippen molar-refractivity contribution < 1.29 is 14.3 Å². The molecule has 0 aliphatic rings. The number of unbranched alkanes of at least 4 members (excludes halogenated alkanes) is 2. The molecule has 2 nitrogen and oxygen atoms in total. The standard InChI is InChI=1S/C8H13FO2/c1-2-3-4-5-7(6-9)8(10)11/h6H,2-5H2,1H3,(H,10,11)/b7-6+. The summed E-state index contributed by atoms with van der Waals surface area (Å²) in [4.78, 5) is 10.2. The van der Waals surface area contributed by atoms with E-state index in [-0.39, 0.29) is 11.9 Å². The predicted octanol–water partition coefficient (Wildman–Crippen LogP) is 2.50. The van der Waals surface area contributed by atoms with Gasteiger partial charge in [0.1, 0.15) is 0 Å². The smallest absolute Gasteiger partial charge is 0.333 e. The minimum Gasteiger partial charge on any atom is -0.478 e. The van der Waals surface area contributed by atoms with Crippen LogP contribution in [-0.4, -0.2) is 11.1 Å². The Balaban J connectivity index is 3.63. The van der Waals surface area contributed by atoms with Gasteiger partial charge in [0.05, 0.1) is 11.9 Å².